The molecule has 0 unspecified atom stereocenters. The van der Waals surface area contributed by atoms with E-state index >= 15 is 0 Å². The van der Waals surface area contributed by atoms with Crippen LogP contribution in [-0.4, -0.2) is 26.4 Å². The van der Waals surface area contributed by atoms with Crippen molar-refractivity contribution in [3.8, 4) is 0 Å². The molecule has 0 bridgehead atoms. The molecule has 0 N–H and O–H groups in total. The summed E-state index contributed by atoms with van der Waals surface area (Å²) in [7, 11) is 0. The third-order valence-electron chi connectivity index (χ3n) is 2.72. The average molecular weight is 230 g/mol. The van der Waals surface area contributed by atoms with Crippen LogP contribution in [0.1, 0.15) is 65.2 Å². The Labute approximate surface area is 102 Å². The number of hydrogen-bond acceptors (Lipinski definition) is 2. The number of unbranched alkanes of at least 4 members (excludes halogenated alkanes) is 7. The molecule has 16 heavy (non-hydrogen) atoms. The summed E-state index contributed by atoms with van der Waals surface area (Å²) >= 11 is 0. The SMILES string of the molecule is CCCCCCCCCCOCCOCC. The lowest BCUT2D eigenvalue weighted by atomic mass is 10.1. The van der Waals surface area contributed by atoms with Crippen LogP contribution in [0, 0.1) is 0 Å². The lowest BCUT2D eigenvalue weighted by molar-refractivity contribution is 0.0512. The van der Waals surface area contributed by atoms with Gasteiger partial charge < -0.3 is 9.47 Å². The van der Waals surface area contributed by atoms with Crippen molar-refractivity contribution in [2.75, 3.05) is 26.4 Å². The van der Waals surface area contributed by atoms with Crippen LogP contribution in [-0.2, 0) is 9.47 Å². The summed E-state index contributed by atoms with van der Waals surface area (Å²) in [6.07, 6.45) is 10.9. The minimum atomic E-state index is 0.744. The first-order chi connectivity index (χ1) is 7.91. The summed E-state index contributed by atoms with van der Waals surface area (Å²) in [6.45, 7) is 7.47. The van der Waals surface area contributed by atoms with Gasteiger partial charge in [0.05, 0.1) is 13.2 Å². The van der Waals surface area contributed by atoms with Gasteiger partial charge in [0, 0.05) is 13.2 Å². The van der Waals surface area contributed by atoms with Gasteiger partial charge in [-0.3, -0.25) is 0 Å². The Morgan fingerprint density at radius 1 is 0.562 bits per heavy atom. The van der Waals surface area contributed by atoms with E-state index < -0.39 is 0 Å². The van der Waals surface area contributed by atoms with Gasteiger partial charge in [0.25, 0.3) is 0 Å². The molecule has 0 aliphatic carbocycles. The van der Waals surface area contributed by atoms with Crippen molar-refractivity contribution in [3.63, 3.8) is 0 Å². The van der Waals surface area contributed by atoms with Crippen LogP contribution in [0.5, 0.6) is 0 Å². The molecule has 0 aliphatic heterocycles. The van der Waals surface area contributed by atoms with Gasteiger partial charge in [-0.05, 0) is 13.3 Å². The number of hydrogen-bond donors (Lipinski definition) is 0. The zero-order chi connectivity index (χ0) is 11.9. The van der Waals surface area contributed by atoms with Crippen LogP contribution in [0.15, 0.2) is 0 Å². The Hall–Kier alpha value is -0.0800. The lowest BCUT2D eigenvalue weighted by Gasteiger charge is -2.04. The fraction of sp³-hybridized carbons (Fsp3) is 1.00. The summed E-state index contributed by atoms with van der Waals surface area (Å²) in [4.78, 5) is 0. The molecule has 0 aliphatic rings. The number of rotatable bonds is 13. The molecule has 0 aromatic heterocycles. The molecule has 0 radical (unpaired) electrons. The Morgan fingerprint density at radius 2 is 1.12 bits per heavy atom. The van der Waals surface area contributed by atoms with Crippen LogP contribution in [0.2, 0.25) is 0 Å². The zero-order valence-electron chi connectivity index (χ0n) is 11.3. The van der Waals surface area contributed by atoms with Crippen LogP contribution in [0.3, 0.4) is 0 Å². The maximum Gasteiger partial charge on any atom is 0.0700 e. The molecule has 0 rings (SSSR count). The Morgan fingerprint density at radius 3 is 1.75 bits per heavy atom. The van der Waals surface area contributed by atoms with Crippen molar-refractivity contribution in [1.29, 1.82) is 0 Å². The molecule has 0 spiro atoms. The molecule has 98 valence electrons. The van der Waals surface area contributed by atoms with E-state index in [0.717, 1.165) is 26.4 Å². The van der Waals surface area contributed by atoms with Crippen LogP contribution in [0.25, 0.3) is 0 Å². The summed E-state index contributed by atoms with van der Waals surface area (Å²) in [5.41, 5.74) is 0. The maximum absolute atomic E-state index is 5.46. The zero-order valence-corrected chi connectivity index (χ0v) is 11.3. The quantitative estimate of drug-likeness (QED) is 0.442. The third kappa shape index (κ3) is 13.9. The molecular formula is C14H30O2. The van der Waals surface area contributed by atoms with Crippen molar-refractivity contribution in [2.24, 2.45) is 0 Å². The topological polar surface area (TPSA) is 18.5 Å². The molecule has 2 nitrogen and oxygen atoms in total. The predicted octanol–water partition coefficient (Wildman–Crippen LogP) is 4.18. The van der Waals surface area contributed by atoms with Crippen LogP contribution in [0.4, 0.5) is 0 Å². The van der Waals surface area contributed by atoms with Crippen molar-refractivity contribution in [1.82, 2.24) is 0 Å². The Balaban J connectivity index is 2.83. The molecule has 0 fully saturated rings. The molecule has 0 saturated heterocycles. The smallest absolute Gasteiger partial charge is 0.0700 e. The van der Waals surface area contributed by atoms with E-state index in [1.807, 2.05) is 6.92 Å². The molecule has 0 aromatic rings. The normalized spacial score (nSPS) is 10.9. The summed E-state index contributed by atoms with van der Waals surface area (Å²) in [5, 5.41) is 0. The van der Waals surface area contributed by atoms with Crippen molar-refractivity contribution in [3.05, 3.63) is 0 Å². The molecular weight excluding hydrogens is 200 g/mol. The fourth-order valence-electron chi connectivity index (χ4n) is 1.70. The third-order valence-corrected chi connectivity index (χ3v) is 2.72. The molecule has 0 atom stereocenters. The summed E-state index contributed by atoms with van der Waals surface area (Å²) < 4.78 is 10.6. The van der Waals surface area contributed by atoms with E-state index in [1.165, 1.54) is 51.4 Å². The van der Waals surface area contributed by atoms with E-state index in [2.05, 4.69) is 6.92 Å². The van der Waals surface area contributed by atoms with Gasteiger partial charge in [-0.2, -0.15) is 0 Å². The van der Waals surface area contributed by atoms with Gasteiger partial charge in [0.1, 0.15) is 0 Å². The lowest BCUT2D eigenvalue weighted by Crippen LogP contribution is -2.04. The summed E-state index contributed by atoms with van der Waals surface area (Å²) in [5.74, 6) is 0. The van der Waals surface area contributed by atoms with Crippen LogP contribution >= 0.6 is 0 Å². The first-order valence-electron chi connectivity index (χ1n) is 7.07. The fourth-order valence-corrected chi connectivity index (χ4v) is 1.70. The van der Waals surface area contributed by atoms with E-state index in [9.17, 15) is 0 Å². The second kappa shape index (κ2) is 14.9. The number of ether oxygens (including phenoxy) is 2. The van der Waals surface area contributed by atoms with E-state index in [0.29, 0.717) is 0 Å². The highest BCUT2D eigenvalue weighted by Gasteiger charge is 1.92. The first kappa shape index (κ1) is 15.9. The average Bonchev–Trinajstić information content (AvgIpc) is 2.31. The van der Waals surface area contributed by atoms with Gasteiger partial charge in [0.2, 0.25) is 0 Å². The second-order valence-electron chi connectivity index (χ2n) is 4.28. The van der Waals surface area contributed by atoms with Gasteiger partial charge in [-0.25, -0.2) is 0 Å². The molecule has 0 aromatic carbocycles. The Bertz CT molecular complexity index is 101. The van der Waals surface area contributed by atoms with E-state index in [1.54, 1.807) is 0 Å². The molecule has 0 amide bonds. The van der Waals surface area contributed by atoms with Gasteiger partial charge in [-0.1, -0.05) is 51.9 Å². The predicted molar refractivity (Wildman–Crippen MR) is 69.9 cm³/mol. The summed E-state index contributed by atoms with van der Waals surface area (Å²) in [6, 6.07) is 0. The second-order valence-corrected chi connectivity index (χ2v) is 4.28. The van der Waals surface area contributed by atoms with Gasteiger partial charge >= 0.3 is 0 Å². The Kier molecular flexibility index (Phi) is 14.8. The maximum atomic E-state index is 5.46. The van der Waals surface area contributed by atoms with Crippen molar-refractivity contribution < 1.29 is 9.47 Å². The molecule has 0 saturated carbocycles. The molecule has 2 heteroatoms. The van der Waals surface area contributed by atoms with Gasteiger partial charge in [-0.15, -0.1) is 0 Å². The van der Waals surface area contributed by atoms with Crippen LogP contribution < -0.4 is 0 Å². The minimum Gasteiger partial charge on any atom is -0.379 e. The van der Waals surface area contributed by atoms with Crippen molar-refractivity contribution in [2.45, 2.75) is 65.2 Å². The van der Waals surface area contributed by atoms with E-state index in [-0.39, 0.29) is 0 Å². The minimum absolute atomic E-state index is 0.744. The highest BCUT2D eigenvalue weighted by atomic mass is 16.5. The van der Waals surface area contributed by atoms with Crippen molar-refractivity contribution >= 4 is 0 Å². The first-order valence-corrected chi connectivity index (χ1v) is 7.07. The van der Waals surface area contributed by atoms with Gasteiger partial charge in [0.15, 0.2) is 0 Å². The molecule has 0 heterocycles. The largest absolute Gasteiger partial charge is 0.379 e. The highest BCUT2D eigenvalue weighted by Crippen LogP contribution is 2.08. The monoisotopic (exact) mass is 230 g/mol. The standard InChI is InChI=1S/C14H30O2/c1-3-5-6-7-8-9-10-11-12-16-14-13-15-4-2/h3-14H2,1-2H3. The van der Waals surface area contributed by atoms with E-state index in [4.69, 9.17) is 9.47 Å². The highest BCUT2D eigenvalue weighted by molar-refractivity contribution is 4.45.